The van der Waals surface area contributed by atoms with Crippen molar-refractivity contribution in [1.82, 2.24) is 0 Å². The molecule has 2 rings (SSSR count). The van der Waals surface area contributed by atoms with E-state index in [0.717, 1.165) is 13.2 Å². The predicted octanol–water partition coefficient (Wildman–Crippen LogP) is 3.27. The largest absolute Gasteiger partial charge is 0.460 e. The molecule has 1 heterocycles. The number of hydrogen-bond acceptors (Lipinski definition) is 2. The Balaban J connectivity index is 1.83. The molecule has 2 aliphatic rings. The van der Waals surface area contributed by atoms with Crippen LogP contribution in [0, 0.1) is 5.41 Å². The molecule has 0 N–H and O–H groups in total. The minimum atomic E-state index is 0.0936. The molecule has 2 fully saturated rings. The van der Waals surface area contributed by atoms with Crippen LogP contribution in [0.25, 0.3) is 0 Å². The second-order valence-corrected chi connectivity index (χ2v) is 5.91. The maximum atomic E-state index is 5.87. The van der Waals surface area contributed by atoms with Gasteiger partial charge >= 0.3 is 7.12 Å². The highest BCUT2D eigenvalue weighted by Gasteiger charge is 2.37. The zero-order chi connectivity index (χ0) is 10.7. The zero-order valence-electron chi connectivity index (χ0n) is 10.1. The van der Waals surface area contributed by atoms with Crippen molar-refractivity contribution in [3.63, 3.8) is 0 Å². The van der Waals surface area contributed by atoms with Crippen LogP contribution < -0.4 is 0 Å². The van der Waals surface area contributed by atoms with Crippen molar-refractivity contribution in [1.29, 1.82) is 0 Å². The van der Waals surface area contributed by atoms with E-state index in [1.54, 1.807) is 0 Å². The molecule has 1 aliphatic carbocycles. The fourth-order valence-corrected chi connectivity index (χ4v) is 2.56. The van der Waals surface area contributed by atoms with E-state index in [1.165, 1.54) is 38.5 Å². The monoisotopic (exact) mass is 210 g/mol. The van der Waals surface area contributed by atoms with Crippen molar-refractivity contribution < 1.29 is 9.31 Å². The molecule has 1 saturated carbocycles. The van der Waals surface area contributed by atoms with Gasteiger partial charge in [-0.1, -0.05) is 52.4 Å². The maximum Gasteiger partial charge on any atom is 0.460 e. The van der Waals surface area contributed by atoms with Crippen molar-refractivity contribution >= 4 is 7.12 Å². The average molecular weight is 210 g/mol. The second kappa shape index (κ2) is 4.88. The molecule has 0 unspecified atom stereocenters. The topological polar surface area (TPSA) is 18.5 Å². The van der Waals surface area contributed by atoms with Crippen LogP contribution in [-0.4, -0.2) is 20.3 Å². The van der Waals surface area contributed by atoms with Crippen LogP contribution in [0.4, 0.5) is 0 Å². The Kier molecular flexibility index (Phi) is 3.73. The summed E-state index contributed by atoms with van der Waals surface area (Å²) < 4.78 is 11.7. The van der Waals surface area contributed by atoms with Crippen LogP contribution >= 0.6 is 0 Å². The molecule has 0 aromatic rings. The minimum Gasteiger partial charge on any atom is -0.410 e. The lowest BCUT2D eigenvalue weighted by molar-refractivity contribution is 0.0231. The molecule has 0 amide bonds. The average Bonchev–Trinajstić information content (AvgIpc) is 2.46. The van der Waals surface area contributed by atoms with E-state index in [2.05, 4.69) is 13.8 Å². The molecular weight excluding hydrogens is 187 g/mol. The lowest BCUT2D eigenvalue weighted by Gasteiger charge is -2.35. The van der Waals surface area contributed by atoms with Gasteiger partial charge < -0.3 is 9.31 Å². The minimum absolute atomic E-state index is 0.0936. The highest BCUT2D eigenvalue weighted by Crippen LogP contribution is 2.34. The number of rotatable bonds is 1. The molecule has 0 spiro atoms. The fraction of sp³-hybridized carbons (Fsp3) is 1.00. The van der Waals surface area contributed by atoms with Crippen LogP contribution in [0.1, 0.15) is 52.4 Å². The summed E-state index contributed by atoms with van der Waals surface area (Å²) in [6.45, 7) is 6.12. The van der Waals surface area contributed by atoms with Crippen molar-refractivity contribution in [3.8, 4) is 0 Å². The molecule has 0 radical (unpaired) electrons. The summed E-state index contributed by atoms with van der Waals surface area (Å²) in [5.41, 5.74) is 0.210. The Labute approximate surface area is 93.9 Å². The third-order valence-corrected chi connectivity index (χ3v) is 3.56. The van der Waals surface area contributed by atoms with Crippen molar-refractivity contribution in [2.75, 3.05) is 13.2 Å². The smallest absolute Gasteiger partial charge is 0.410 e. The summed E-state index contributed by atoms with van der Waals surface area (Å²) in [6.07, 6.45) is 8.11. The SMILES string of the molecule is CC1(C)COB(C2CCCCCC2)OC1. The standard InChI is InChI=1S/C12H23BO2/c1-12(2)9-14-13(15-10-12)11-7-5-3-4-6-8-11/h11H,3-10H2,1-2H3. The summed E-state index contributed by atoms with van der Waals surface area (Å²) in [5.74, 6) is 0.656. The second-order valence-electron chi connectivity index (χ2n) is 5.91. The molecule has 0 atom stereocenters. The van der Waals surface area contributed by atoms with Gasteiger partial charge in [-0.25, -0.2) is 0 Å². The van der Waals surface area contributed by atoms with Gasteiger partial charge in [0.15, 0.2) is 0 Å². The van der Waals surface area contributed by atoms with E-state index >= 15 is 0 Å². The highest BCUT2D eigenvalue weighted by molar-refractivity contribution is 6.46. The van der Waals surface area contributed by atoms with E-state index in [1.807, 2.05) is 0 Å². The van der Waals surface area contributed by atoms with Gasteiger partial charge in [-0.15, -0.1) is 0 Å². The summed E-state index contributed by atoms with van der Waals surface area (Å²) in [5, 5.41) is 0. The first-order valence-electron chi connectivity index (χ1n) is 6.41. The quantitative estimate of drug-likeness (QED) is 0.488. The highest BCUT2D eigenvalue weighted by atomic mass is 16.6. The number of hydrogen-bond donors (Lipinski definition) is 0. The normalized spacial score (nSPS) is 28.8. The summed E-state index contributed by atoms with van der Waals surface area (Å²) in [6, 6.07) is 0. The third-order valence-electron chi connectivity index (χ3n) is 3.56. The molecule has 86 valence electrons. The van der Waals surface area contributed by atoms with Crippen LogP contribution in [0.15, 0.2) is 0 Å². The first-order valence-corrected chi connectivity index (χ1v) is 6.41. The Hall–Kier alpha value is -0.0151. The first kappa shape index (κ1) is 11.5. The van der Waals surface area contributed by atoms with E-state index in [-0.39, 0.29) is 12.5 Å². The van der Waals surface area contributed by atoms with Crippen LogP contribution in [0.3, 0.4) is 0 Å². The van der Waals surface area contributed by atoms with Gasteiger partial charge in [0, 0.05) is 18.6 Å². The summed E-state index contributed by atoms with van der Waals surface area (Å²) >= 11 is 0. The van der Waals surface area contributed by atoms with E-state index in [9.17, 15) is 0 Å². The molecule has 1 aliphatic heterocycles. The molecule has 15 heavy (non-hydrogen) atoms. The van der Waals surface area contributed by atoms with Gasteiger partial charge in [0.1, 0.15) is 0 Å². The van der Waals surface area contributed by atoms with Crippen molar-refractivity contribution in [2.24, 2.45) is 5.41 Å². The van der Waals surface area contributed by atoms with Gasteiger partial charge in [0.05, 0.1) is 0 Å². The summed E-state index contributed by atoms with van der Waals surface area (Å²) in [4.78, 5) is 0. The van der Waals surface area contributed by atoms with Crippen LogP contribution in [-0.2, 0) is 9.31 Å². The maximum absolute atomic E-state index is 5.87. The first-order chi connectivity index (χ1) is 7.17. The fourth-order valence-electron chi connectivity index (χ4n) is 2.56. The molecule has 0 aromatic carbocycles. The van der Waals surface area contributed by atoms with E-state index < -0.39 is 0 Å². The Morgan fingerprint density at radius 1 is 0.933 bits per heavy atom. The molecular formula is C12H23BO2. The Morgan fingerprint density at radius 2 is 1.47 bits per heavy atom. The van der Waals surface area contributed by atoms with E-state index in [0.29, 0.717) is 5.82 Å². The molecule has 1 saturated heterocycles. The molecule has 3 heteroatoms. The van der Waals surface area contributed by atoms with Crippen molar-refractivity contribution in [3.05, 3.63) is 0 Å². The van der Waals surface area contributed by atoms with Crippen LogP contribution in [0.5, 0.6) is 0 Å². The Bertz CT molecular complexity index is 188. The van der Waals surface area contributed by atoms with Gasteiger partial charge in [-0.2, -0.15) is 0 Å². The van der Waals surface area contributed by atoms with Gasteiger partial charge in [0.25, 0.3) is 0 Å². The lowest BCUT2D eigenvalue weighted by atomic mass is 9.66. The van der Waals surface area contributed by atoms with Crippen LogP contribution in [0.2, 0.25) is 5.82 Å². The van der Waals surface area contributed by atoms with E-state index in [4.69, 9.17) is 9.31 Å². The van der Waals surface area contributed by atoms with Crippen molar-refractivity contribution in [2.45, 2.75) is 58.2 Å². The molecule has 0 bridgehead atoms. The summed E-state index contributed by atoms with van der Waals surface area (Å²) in [7, 11) is 0.0936. The Morgan fingerprint density at radius 3 is 2.00 bits per heavy atom. The van der Waals surface area contributed by atoms with Gasteiger partial charge in [-0.3, -0.25) is 0 Å². The predicted molar refractivity (Wildman–Crippen MR) is 62.9 cm³/mol. The molecule has 2 nitrogen and oxygen atoms in total. The molecule has 0 aromatic heterocycles. The van der Waals surface area contributed by atoms with Gasteiger partial charge in [0.2, 0.25) is 0 Å². The lowest BCUT2D eigenvalue weighted by Crippen LogP contribution is -2.43. The van der Waals surface area contributed by atoms with Gasteiger partial charge in [-0.05, 0) is 5.82 Å². The third kappa shape index (κ3) is 3.22. The zero-order valence-corrected chi connectivity index (χ0v) is 10.1.